The van der Waals surface area contributed by atoms with E-state index < -0.39 is 9.84 Å². The standard InChI is InChI=1S/C10H18N2O3S/c1-7(6-16(3,14)15)12-8(2)11-10(4-5-10)9(12)13/h7-8,11H,4-6H2,1-3H3. The zero-order chi connectivity index (χ0) is 12.1. The highest BCUT2D eigenvalue weighted by atomic mass is 32.2. The summed E-state index contributed by atoms with van der Waals surface area (Å²) in [6.07, 6.45) is 2.89. The van der Waals surface area contributed by atoms with Gasteiger partial charge < -0.3 is 4.90 Å². The molecule has 1 spiro atoms. The number of hydrogen-bond acceptors (Lipinski definition) is 4. The van der Waals surface area contributed by atoms with Crippen molar-refractivity contribution < 1.29 is 13.2 Å². The maximum absolute atomic E-state index is 12.1. The molecule has 0 bridgehead atoms. The first-order valence-corrected chi connectivity index (χ1v) is 7.59. The molecule has 1 aliphatic carbocycles. The third-order valence-corrected chi connectivity index (χ3v) is 4.40. The highest BCUT2D eigenvalue weighted by molar-refractivity contribution is 7.90. The van der Waals surface area contributed by atoms with Crippen molar-refractivity contribution in [2.24, 2.45) is 0 Å². The van der Waals surface area contributed by atoms with E-state index in [1.54, 1.807) is 11.8 Å². The van der Waals surface area contributed by atoms with E-state index in [0.717, 1.165) is 12.8 Å². The van der Waals surface area contributed by atoms with E-state index in [4.69, 9.17) is 0 Å². The highest BCUT2D eigenvalue weighted by Gasteiger charge is 2.58. The fourth-order valence-corrected chi connectivity index (χ4v) is 3.57. The van der Waals surface area contributed by atoms with E-state index in [1.165, 1.54) is 6.26 Å². The van der Waals surface area contributed by atoms with Crippen molar-refractivity contribution in [2.75, 3.05) is 12.0 Å². The van der Waals surface area contributed by atoms with Gasteiger partial charge in [-0.2, -0.15) is 0 Å². The van der Waals surface area contributed by atoms with E-state index in [9.17, 15) is 13.2 Å². The summed E-state index contributed by atoms with van der Waals surface area (Å²) in [5.74, 6) is 0.0945. The second kappa shape index (κ2) is 3.43. The van der Waals surface area contributed by atoms with Gasteiger partial charge in [-0.15, -0.1) is 0 Å². The van der Waals surface area contributed by atoms with E-state index in [1.807, 2.05) is 6.92 Å². The smallest absolute Gasteiger partial charge is 0.244 e. The van der Waals surface area contributed by atoms with Gasteiger partial charge in [-0.25, -0.2) is 8.42 Å². The molecule has 0 radical (unpaired) electrons. The third-order valence-electron chi connectivity index (χ3n) is 3.32. The molecule has 16 heavy (non-hydrogen) atoms. The fraction of sp³-hybridized carbons (Fsp3) is 0.900. The summed E-state index contributed by atoms with van der Waals surface area (Å²) in [6.45, 7) is 3.70. The molecule has 1 heterocycles. The summed E-state index contributed by atoms with van der Waals surface area (Å²) in [5.41, 5.74) is -0.356. The Morgan fingerprint density at radius 1 is 1.56 bits per heavy atom. The largest absolute Gasteiger partial charge is 0.322 e. The van der Waals surface area contributed by atoms with Crippen LogP contribution >= 0.6 is 0 Å². The normalized spacial score (nSPS) is 29.8. The second-order valence-corrected chi connectivity index (χ2v) is 7.24. The summed E-state index contributed by atoms with van der Waals surface area (Å²) in [6, 6.07) is -0.259. The molecular formula is C10H18N2O3S. The van der Waals surface area contributed by atoms with Crippen molar-refractivity contribution in [1.82, 2.24) is 10.2 Å². The van der Waals surface area contributed by atoms with Crippen molar-refractivity contribution in [1.29, 1.82) is 0 Å². The molecule has 1 amide bonds. The maximum Gasteiger partial charge on any atom is 0.244 e. The number of sulfone groups is 1. The van der Waals surface area contributed by atoms with Crippen molar-refractivity contribution in [3.63, 3.8) is 0 Å². The molecule has 2 unspecified atom stereocenters. The molecule has 1 saturated heterocycles. The van der Waals surface area contributed by atoms with Crippen molar-refractivity contribution in [2.45, 2.75) is 44.4 Å². The predicted octanol–water partition coefficient (Wildman–Crippen LogP) is -0.270. The Morgan fingerprint density at radius 2 is 2.12 bits per heavy atom. The van der Waals surface area contributed by atoms with E-state index >= 15 is 0 Å². The first kappa shape index (κ1) is 11.9. The van der Waals surface area contributed by atoms with E-state index in [2.05, 4.69) is 5.32 Å². The van der Waals surface area contributed by atoms with Crippen LogP contribution in [0, 0.1) is 0 Å². The molecule has 92 valence electrons. The van der Waals surface area contributed by atoms with Gasteiger partial charge in [0.15, 0.2) is 0 Å². The Bertz CT molecular complexity index is 414. The minimum atomic E-state index is -3.05. The molecule has 2 fully saturated rings. The molecule has 2 atom stereocenters. The lowest BCUT2D eigenvalue weighted by Crippen LogP contribution is -2.44. The number of carbonyl (C=O) groups is 1. The number of nitrogens with one attached hydrogen (secondary N) is 1. The molecular weight excluding hydrogens is 228 g/mol. The van der Waals surface area contributed by atoms with Crippen LogP contribution in [0.25, 0.3) is 0 Å². The first-order valence-electron chi connectivity index (χ1n) is 5.53. The Hall–Kier alpha value is -0.620. The van der Waals surface area contributed by atoms with Gasteiger partial charge in [-0.1, -0.05) is 0 Å². The van der Waals surface area contributed by atoms with Crippen LogP contribution in [0.5, 0.6) is 0 Å². The summed E-state index contributed by atoms with van der Waals surface area (Å²) >= 11 is 0. The minimum absolute atomic E-state index is 0.0286. The first-order chi connectivity index (χ1) is 7.25. The zero-order valence-electron chi connectivity index (χ0n) is 9.86. The van der Waals surface area contributed by atoms with Crippen LogP contribution in [-0.4, -0.2) is 49.0 Å². The zero-order valence-corrected chi connectivity index (χ0v) is 10.7. The lowest BCUT2D eigenvalue weighted by Gasteiger charge is -2.27. The molecule has 0 aromatic rings. The van der Waals surface area contributed by atoms with Gasteiger partial charge in [0.25, 0.3) is 0 Å². The van der Waals surface area contributed by atoms with Crippen LogP contribution < -0.4 is 5.32 Å². The molecule has 1 saturated carbocycles. The Balaban J connectivity index is 2.12. The molecule has 1 aliphatic heterocycles. The molecule has 0 aromatic heterocycles. The predicted molar refractivity (Wildman–Crippen MR) is 60.6 cm³/mol. The Labute approximate surface area is 96.1 Å². The second-order valence-electron chi connectivity index (χ2n) is 5.06. The molecule has 0 aromatic carbocycles. The quantitative estimate of drug-likeness (QED) is 0.744. The van der Waals surface area contributed by atoms with Crippen LogP contribution in [-0.2, 0) is 14.6 Å². The summed E-state index contributed by atoms with van der Waals surface area (Å²) in [5, 5.41) is 3.25. The Morgan fingerprint density at radius 3 is 2.50 bits per heavy atom. The lowest BCUT2D eigenvalue weighted by molar-refractivity contribution is -0.132. The monoisotopic (exact) mass is 246 g/mol. The SMILES string of the molecule is CC(CS(C)(=O)=O)N1C(=O)C2(CC2)NC1C. The minimum Gasteiger partial charge on any atom is -0.322 e. The number of carbonyl (C=O) groups excluding carboxylic acids is 1. The van der Waals surface area contributed by atoms with Crippen LogP contribution in [0.1, 0.15) is 26.7 Å². The molecule has 2 aliphatic rings. The van der Waals surface area contributed by atoms with Crippen molar-refractivity contribution in [3.8, 4) is 0 Å². The van der Waals surface area contributed by atoms with Crippen molar-refractivity contribution in [3.05, 3.63) is 0 Å². The van der Waals surface area contributed by atoms with Gasteiger partial charge in [-0.3, -0.25) is 10.1 Å². The van der Waals surface area contributed by atoms with Gasteiger partial charge in [0, 0.05) is 12.3 Å². The molecule has 6 heteroatoms. The topological polar surface area (TPSA) is 66.5 Å². The summed E-state index contributed by atoms with van der Waals surface area (Å²) < 4.78 is 22.5. The number of amides is 1. The number of nitrogens with zero attached hydrogens (tertiary/aromatic N) is 1. The third kappa shape index (κ3) is 1.96. The average molecular weight is 246 g/mol. The van der Waals surface area contributed by atoms with Crippen molar-refractivity contribution >= 4 is 15.7 Å². The summed E-state index contributed by atoms with van der Waals surface area (Å²) in [7, 11) is -3.05. The van der Waals surface area contributed by atoms with Crippen LogP contribution in [0.15, 0.2) is 0 Å². The fourth-order valence-electron chi connectivity index (χ4n) is 2.54. The van der Waals surface area contributed by atoms with Gasteiger partial charge in [0.2, 0.25) is 5.91 Å². The summed E-state index contributed by atoms with van der Waals surface area (Å²) in [4.78, 5) is 13.8. The molecule has 1 N–H and O–H groups in total. The molecule has 5 nitrogen and oxygen atoms in total. The lowest BCUT2D eigenvalue weighted by atomic mass is 10.2. The maximum atomic E-state index is 12.1. The van der Waals surface area contributed by atoms with Crippen LogP contribution in [0.3, 0.4) is 0 Å². The van der Waals surface area contributed by atoms with Crippen LogP contribution in [0.4, 0.5) is 0 Å². The van der Waals surface area contributed by atoms with Gasteiger partial charge in [0.1, 0.15) is 9.84 Å². The van der Waals surface area contributed by atoms with Gasteiger partial charge in [-0.05, 0) is 26.7 Å². The van der Waals surface area contributed by atoms with Crippen LogP contribution in [0.2, 0.25) is 0 Å². The Kier molecular flexibility index (Phi) is 2.54. The number of rotatable bonds is 3. The average Bonchev–Trinajstić information content (AvgIpc) is 2.76. The van der Waals surface area contributed by atoms with E-state index in [0.29, 0.717) is 0 Å². The van der Waals surface area contributed by atoms with E-state index in [-0.39, 0.29) is 29.4 Å². The van der Waals surface area contributed by atoms with Gasteiger partial charge >= 0.3 is 0 Å². The molecule has 2 rings (SSSR count). The highest BCUT2D eigenvalue weighted by Crippen LogP contribution is 2.42. The van der Waals surface area contributed by atoms with Gasteiger partial charge in [0.05, 0.1) is 17.5 Å². The number of hydrogen-bond donors (Lipinski definition) is 1.